The molecule has 0 radical (unpaired) electrons. The molecule has 18 heavy (non-hydrogen) atoms. The van der Waals surface area contributed by atoms with Crippen LogP contribution in [-0.4, -0.2) is 55.0 Å². The number of hydrogen-bond donors (Lipinski definition) is 1. The summed E-state index contributed by atoms with van der Waals surface area (Å²) in [4.78, 5) is 23.6. The number of likely N-dealkylation sites (N-methyl/N-ethyl adjacent to an activating group) is 2. The van der Waals surface area contributed by atoms with E-state index < -0.39 is 0 Å². The lowest BCUT2D eigenvalue weighted by Gasteiger charge is -2.24. The number of hydrogen-bond acceptors (Lipinski definition) is 5. The first-order valence-electron chi connectivity index (χ1n) is 5.64. The van der Waals surface area contributed by atoms with Crippen LogP contribution in [-0.2, 0) is 4.79 Å². The Morgan fingerprint density at radius 1 is 1.44 bits per heavy atom. The van der Waals surface area contributed by atoms with Gasteiger partial charge in [-0.05, 0) is 22.9 Å². The Morgan fingerprint density at radius 2 is 2.11 bits per heavy atom. The molecule has 6 nitrogen and oxygen atoms in total. The Balaban J connectivity index is 2.98. The Hall–Kier alpha value is -1.37. The summed E-state index contributed by atoms with van der Waals surface area (Å²) in [5.41, 5.74) is 0. The molecule has 1 N–H and O–H groups in total. The summed E-state index contributed by atoms with van der Waals surface area (Å²) in [6, 6.07) is 0. The minimum atomic E-state index is 0.0355. The van der Waals surface area contributed by atoms with Gasteiger partial charge in [-0.3, -0.25) is 4.79 Å². The van der Waals surface area contributed by atoms with E-state index in [1.54, 1.807) is 26.0 Å². The quantitative estimate of drug-likeness (QED) is 0.884. The maximum atomic E-state index is 11.8. The Bertz CT molecular complexity index is 424. The van der Waals surface area contributed by atoms with Gasteiger partial charge >= 0.3 is 0 Å². The lowest BCUT2D eigenvalue weighted by molar-refractivity contribution is -0.127. The van der Waals surface area contributed by atoms with Crippen LogP contribution in [0.1, 0.15) is 6.92 Å². The molecule has 1 heterocycles. The van der Waals surface area contributed by atoms with Crippen LogP contribution in [0.5, 0.6) is 0 Å². The van der Waals surface area contributed by atoms with E-state index in [2.05, 4.69) is 31.2 Å². The van der Waals surface area contributed by atoms with E-state index in [0.29, 0.717) is 24.7 Å². The fourth-order valence-corrected chi connectivity index (χ4v) is 2.05. The molecule has 0 aliphatic rings. The van der Waals surface area contributed by atoms with Crippen LogP contribution in [0.4, 0.5) is 11.6 Å². The van der Waals surface area contributed by atoms with Crippen molar-refractivity contribution >= 4 is 33.5 Å². The van der Waals surface area contributed by atoms with Gasteiger partial charge in [-0.1, -0.05) is 0 Å². The second kappa shape index (κ2) is 6.53. The fraction of sp³-hybridized carbons (Fsp3) is 0.545. The van der Waals surface area contributed by atoms with Crippen molar-refractivity contribution in [3.8, 4) is 0 Å². The first-order chi connectivity index (χ1) is 8.51. The Labute approximate surface area is 116 Å². The van der Waals surface area contributed by atoms with Gasteiger partial charge in [-0.25, -0.2) is 9.97 Å². The van der Waals surface area contributed by atoms with Crippen molar-refractivity contribution < 1.29 is 4.79 Å². The van der Waals surface area contributed by atoms with E-state index in [0.717, 1.165) is 4.47 Å². The molecule has 1 aromatic heterocycles. The standard InChI is InChI=1S/C11H18BrN5O/c1-5-17(6-8(18)16(3)4)11-9(12)10(13-2)14-7-15-11/h7H,5-6H2,1-4H3,(H,13,14,15). The van der Waals surface area contributed by atoms with Gasteiger partial charge in [0, 0.05) is 27.7 Å². The fourth-order valence-electron chi connectivity index (χ4n) is 1.40. The lowest BCUT2D eigenvalue weighted by Crippen LogP contribution is -2.37. The molecular formula is C11H18BrN5O. The largest absolute Gasteiger partial charge is 0.372 e. The number of nitrogens with zero attached hydrogens (tertiary/aromatic N) is 4. The smallest absolute Gasteiger partial charge is 0.241 e. The summed E-state index contributed by atoms with van der Waals surface area (Å²) in [6.07, 6.45) is 1.48. The summed E-state index contributed by atoms with van der Waals surface area (Å²) in [5, 5.41) is 2.97. The van der Waals surface area contributed by atoms with Crippen LogP contribution in [0.2, 0.25) is 0 Å². The van der Waals surface area contributed by atoms with Crippen LogP contribution >= 0.6 is 15.9 Å². The summed E-state index contributed by atoms with van der Waals surface area (Å²) < 4.78 is 0.765. The topological polar surface area (TPSA) is 61.4 Å². The molecule has 0 fully saturated rings. The summed E-state index contributed by atoms with van der Waals surface area (Å²) >= 11 is 3.46. The second-order valence-corrected chi connectivity index (χ2v) is 4.71. The highest BCUT2D eigenvalue weighted by atomic mass is 79.9. The third kappa shape index (κ3) is 3.32. The van der Waals surface area contributed by atoms with Crippen molar-refractivity contribution in [3.63, 3.8) is 0 Å². The molecule has 1 amide bonds. The zero-order chi connectivity index (χ0) is 13.7. The molecule has 7 heteroatoms. The number of aromatic nitrogens is 2. The number of rotatable bonds is 5. The van der Waals surface area contributed by atoms with Crippen molar-refractivity contribution in [2.75, 3.05) is 44.4 Å². The molecule has 100 valence electrons. The molecule has 0 saturated heterocycles. The molecule has 0 saturated carbocycles. The first kappa shape index (κ1) is 14.7. The highest BCUT2D eigenvalue weighted by molar-refractivity contribution is 9.10. The SMILES string of the molecule is CCN(CC(=O)N(C)C)c1ncnc(NC)c1Br. The van der Waals surface area contributed by atoms with Crippen LogP contribution in [0.15, 0.2) is 10.8 Å². The summed E-state index contributed by atoms with van der Waals surface area (Å²) in [6.45, 7) is 2.97. The first-order valence-corrected chi connectivity index (χ1v) is 6.43. The van der Waals surface area contributed by atoms with Crippen molar-refractivity contribution in [2.45, 2.75) is 6.92 Å². The molecule has 0 atom stereocenters. The van der Waals surface area contributed by atoms with Gasteiger partial charge in [-0.15, -0.1) is 0 Å². The van der Waals surface area contributed by atoms with Gasteiger partial charge in [-0.2, -0.15) is 0 Å². The molecule has 0 aliphatic carbocycles. The number of nitrogens with one attached hydrogen (secondary N) is 1. The van der Waals surface area contributed by atoms with Crippen LogP contribution in [0.3, 0.4) is 0 Å². The number of carbonyl (C=O) groups excluding carboxylic acids is 1. The zero-order valence-electron chi connectivity index (χ0n) is 11.1. The minimum absolute atomic E-state index is 0.0355. The summed E-state index contributed by atoms with van der Waals surface area (Å²) in [7, 11) is 5.27. The molecular weight excluding hydrogens is 298 g/mol. The lowest BCUT2D eigenvalue weighted by atomic mass is 10.4. The predicted octanol–water partition coefficient (Wildman–Crippen LogP) is 1.20. The Morgan fingerprint density at radius 3 is 2.61 bits per heavy atom. The monoisotopic (exact) mass is 315 g/mol. The maximum Gasteiger partial charge on any atom is 0.241 e. The van der Waals surface area contributed by atoms with Crippen molar-refractivity contribution in [3.05, 3.63) is 10.8 Å². The van der Waals surface area contributed by atoms with Gasteiger partial charge in [0.05, 0.1) is 6.54 Å². The zero-order valence-corrected chi connectivity index (χ0v) is 12.7. The highest BCUT2D eigenvalue weighted by Gasteiger charge is 2.17. The Kier molecular flexibility index (Phi) is 5.33. The third-order valence-corrected chi connectivity index (χ3v) is 3.24. The molecule has 0 unspecified atom stereocenters. The van der Waals surface area contributed by atoms with Crippen molar-refractivity contribution in [2.24, 2.45) is 0 Å². The number of anilines is 2. The van der Waals surface area contributed by atoms with E-state index in [1.165, 1.54) is 6.33 Å². The maximum absolute atomic E-state index is 11.8. The number of halogens is 1. The van der Waals surface area contributed by atoms with E-state index in [4.69, 9.17) is 0 Å². The van der Waals surface area contributed by atoms with E-state index in [1.807, 2.05) is 11.8 Å². The van der Waals surface area contributed by atoms with Gasteiger partial charge in [0.15, 0.2) is 0 Å². The van der Waals surface area contributed by atoms with Crippen molar-refractivity contribution in [1.29, 1.82) is 0 Å². The average Bonchev–Trinajstić information content (AvgIpc) is 2.36. The third-order valence-electron chi connectivity index (χ3n) is 2.51. The molecule has 0 aromatic carbocycles. The molecule has 0 bridgehead atoms. The average molecular weight is 316 g/mol. The summed E-state index contributed by atoms with van der Waals surface area (Å²) in [5.74, 6) is 1.45. The minimum Gasteiger partial charge on any atom is -0.372 e. The molecule has 1 aromatic rings. The molecule has 1 rings (SSSR count). The van der Waals surface area contributed by atoms with Gasteiger partial charge in [0.2, 0.25) is 5.91 Å². The van der Waals surface area contributed by atoms with Crippen LogP contribution < -0.4 is 10.2 Å². The van der Waals surface area contributed by atoms with Crippen LogP contribution in [0.25, 0.3) is 0 Å². The van der Waals surface area contributed by atoms with E-state index in [-0.39, 0.29) is 5.91 Å². The second-order valence-electron chi connectivity index (χ2n) is 3.91. The van der Waals surface area contributed by atoms with E-state index in [9.17, 15) is 4.79 Å². The molecule has 0 spiro atoms. The normalized spacial score (nSPS) is 10.1. The number of carbonyl (C=O) groups is 1. The van der Waals surface area contributed by atoms with Gasteiger partial charge in [0.25, 0.3) is 0 Å². The highest BCUT2D eigenvalue weighted by Crippen LogP contribution is 2.28. The van der Waals surface area contributed by atoms with Gasteiger partial charge < -0.3 is 15.1 Å². The molecule has 0 aliphatic heterocycles. The van der Waals surface area contributed by atoms with Crippen LogP contribution in [0, 0.1) is 0 Å². The number of amides is 1. The van der Waals surface area contributed by atoms with E-state index >= 15 is 0 Å². The van der Waals surface area contributed by atoms with Crippen molar-refractivity contribution in [1.82, 2.24) is 14.9 Å². The predicted molar refractivity (Wildman–Crippen MR) is 75.9 cm³/mol. The van der Waals surface area contributed by atoms with Gasteiger partial charge in [0.1, 0.15) is 22.4 Å².